The summed E-state index contributed by atoms with van der Waals surface area (Å²) in [7, 11) is 0. The SMILES string of the molecule is CC(C)C(C)NC(=O)c1ccccc1O. The molecule has 0 aromatic heterocycles. The number of nitrogens with one attached hydrogen (secondary N) is 1. The van der Waals surface area contributed by atoms with Crippen LogP contribution in [0.3, 0.4) is 0 Å². The van der Waals surface area contributed by atoms with Gasteiger partial charge in [-0.25, -0.2) is 0 Å². The van der Waals surface area contributed by atoms with E-state index in [1.807, 2.05) is 20.8 Å². The molecule has 15 heavy (non-hydrogen) atoms. The minimum absolute atomic E-state index is 0.0194. The van der Waals surface area contributed by atoms with Crippen LogP contribution in [0, 0.1) is 5.92 Å². The van der Waals surface area contributed by atoms with E-state index >= 15 is 0 Å². The van der Waals surface area contributed by atoms with E-state index in [2.05, 4.69) is 5.32 Å². The molecule has 1 amide bonds. The highest BCUT2D eigenvalue weighted by atomic mass is 16.3. The number of hydrogen-bond acceptors (Lipinski definition) is 2. The van der Waals surface area contributed by atoms with Crippen LogP contribution in [0.15, 0.2) is 24.3 Å². The second-order valence-corrected chi connectivity index (χ2v) is 4.02. The van der Waals surface area contributed by atoms with E-state index < -0.39 is 0 Å². The Kier molecular flexibility index (Phi) is 3.72. The average Bonchev–Trinajstić information content (AvgIpc) is 2.18. The molecule has 0 heterocycles. The van der Waals surface area contributed by atoms with Crippen molar-refractivity contribution in [3.05, 3.63) is 29.8 Å². The summed E-state index contributed by atoms with van der Waals surface area (Å²) in [4.78, 5) is 11.7. The molecule has 0 saturated heterocycles. The van der Waals surface area contributed by atoms with Gasteiger partial charge in [-0.3, -0.25) is 4.79 Å². The van der Waals surface area contributed by atoms with Gasteiger partial charge in [0.15, 0.2) is 0 Å². The van der Waals surface area contributed by atoms with Gasteiger partial charge in [-0.2, -0.15) is 0 Å². The van der Waals surface area contributed by atoms with Gasteiger partial charge in [0, 0.05) is 6.04 Å². The lowest BCUT2D eigenvalue weighted by atomic mass is 10.1. The highest BCUT2D eigenvalue weighted by molar-refractivity contribution is 5.96. The molecule has 0 radical (unpaired) electrons. The average molecular weight is 207 g/mol. The van der Waals surface area contributed by atoms with E-state index in [1.54, 1.807) is 18.2 Å². The number of para-hydroxylation sites is 1. The number of phenols is 1. The van der Waals surface area contributed by atoms with Gasteiger partial charge in [0.2, 0.25) is 0 Å². The van der Waals surface area contributed by atoms with E-state index in [9.17, 15) is 9.90 Å². The molecule has 1 unspecified atom stereocenters. The van der Waals surface area contributed by atoms with Crippen molar-refractivity contribution in [2.24, 2.45) is 5.92 Å². The van der Waals surface area contributed by atoms with Crippen LogP contribution in [0.4, 0.5) is 0 Å². The molecule has 0 saturated carbocycles. The summed E-state index contributed by atoms with van der Waals surface area (Å²) in [6.45, 7) is 6.02. The molecule has 3 heteroatoms. The van der Waals surface area contributed by atoms with Crippen molar-refractivity contribution in [3.8, 4) is 5.75 Å². The van der Waals surface area contributed by atoms with E-state index in [0.717, 1.165) is 0 Å². The molecule has 1 aromatic carbocycles. The predicted octanol–water partition coefficient (Wildman–Crippen LogP) is 2.17. The standard InChI is InChI=1S/C12H17NO2/c1-8(2)9(3)13-12(15)10-6-4-5-7-11(10)14/h4-9,14H,1-3H3,(H,13,15). The summed E-state index contributed by atoms with van der Waals surface area (Å²) < 4.78 is 0. The lowest BCUT2D eigenvalue weighted by molar-refractivity contribution is 0.0928. The van der Waals surface area contributed by atoms with Gasteiger partial charge in [-0.15, -0.1) is 0 Å². The van der Waals surface area contributed by atoms with Crippen molar-refractivity contribution in [1.29, 1.82) is 0 Å². The molecular weight excluding hydrogens is 190 g/mol. The minimum Gasteiger partial charge on any atom is -0.507 e. The van der Waals surface area contributed by atoms with Crippen LogP contribution in [0.1, 0.15) is 31.1 Å². The summed E-state index contributed by atoms with van der Waals surface area (Å²) in [5.74, 6) is 0.167. The molecule has 0 aliphatic rings. The fraction of sp³-hybridized carbons (Fsp3) is 0.417. The van der Waals surface area contributed by atoms with Gasteiger partial charge in [0.25, 0.3) is 5.91 Å². The van der Waals surface area contributed by atoms with Crippen LogP contribution in [0.5, 0.6) is 5.75 Å². The minimum atomic E-state index is -0.227. The van der Waals surface area contributed by atoms with Crippen LogP contribution < -0.4 is 5.32 Å². The lowest BCUT2D eigenvalue weighted by Crippen LogP contribution is -2.36. The number of phenolic OH excluding ortho intramolecular Hbond substituents is 1. The van der Waals surface area contributed by atoms with Crippen molar-refractivity contribution in [1.82, 2.24) is 5.32 Å². The van der Waals surface area contributed by atoms with E-state index in [-0.39, 0.29) is 17.7 Å². The Labute approximate surface area is 90.1 Å². The topological polar surface area (TPSA) is 49.3 Å². The Balaban J connectivity index is 2.74. The molecule has 1 atom stereocenters. The summed E-state index contributed by atoms with van der Waals surface area (Å²) in [5, 5.41) is 12.3. The normalized spacial score (nSPS) is 12.5. The van der Waals surface area contributed by atoms with E-state index in [4.69, 9.17) is 0 Å². The third kappa shape index (κ3) is 2.98. The number of carbonyl (C=O) groups excluding carboxylic acids is 1. The fourth-order valence-corrected chi connectivity index (χ4v) is 1.12. The van der Waals surface area contributed by atoms with Crippen molar-refractivity contribution < 1.29 is 9.90 Å². The maximum absolute atomic E-state index is 11.7. The Morgan fingerprint density at radius 2 is 1.87 bits per heavy atom. The van der Waals surface area contributed by atoms with Gasteiger partial charge < -0.3 is 10.4 Å². The Hall–Kier alpha value is -1.51. The number of carbonyl (C=O) groups is 1. The molecule has 2 N–H and O–H groups in total. The monoisotopic (exact) mass is 207 g/mol. The number of rotatable bonds is 3. The summed E-state index contributed by atoms with van der Waals surface area (Å²) in [5.41, 5.74) is 0.324. The zero-order valence-electron chi connectivity index (χ0n) is 9.32. The summed E-state index contributed by atoms with van der Waals surface area (Å²) >= 11 is 0. The van der Waals surface area contributed by atoms with Crippen LogP contribution in [0.2, 0.25) is 0 Å². The highest BCUT2D eigenvalue weighted by Crippen LogP contribution is 2.15. The molecule has 0 fully saturated rings. The maximum atomic E-state index is 11.7. The Bertz CT molecular complexity index is 347. The van der Waals surface area contributed by atoms with Crippen LogP contribution >= 0.6 is 0 Å². The van der Waals surface area contributed by atoms with Crippen LogP contribution in [-0.4, -0.2) is 17.1 Å². The molecule has 1 aromatic rings. The number of aromatic hydroxyl groups is 1. The molecule has 0 spiro atoms. The fourth-order valence-electron chi connectivity index (χ4n) is 1.12. The first-order chi connectivity index (χ1) is 7.02. The smallest absolute Gasteiger partial charge is 0.255 e. The van der Waals surface area contributed by atoms with Gasteiger partial charge in [0.05, 0.1) is 5.56 Å². The summed E-state index contributed by atoms with van der Waals surface area (Å²) in [6, 6.07) is 6.64. The number of amides is 1. The van der Waals surface area contributed by atoms with E-state index in [0.29, 0.717) is 11.5 Å². The van der Waals surface area contributed by atoms with Crippen molar-refractivity contribution in [3.63, 3.8) is 0 Å². The van der Waals surface area contributed by atoms with Gasteiger partial charge >= 0.3 is 0 Å². The first-order valence-electron chi connectivity index (χ1n) is 5.11. The first kappa shape index (κ1) is 11.6. The summed E-state index contributed by atoms with van der Waals surface area (Å²) in [6.07, 6.45) is 0. The number of hydrogen-bond donors (Lipinski definition) is 2. The molecule has 82 valence electrons. The largest absolute Gasteiger partial charge is 0.507 e. The molecular formula is C12H17NO2. The van der Waals surface area contributed by atoms with E-state index in [1.165, 1.54) is 6.07 Å². The zero-order chi connectivity index (χ0) is 11.4. The quantitative estimate of drug-likeness (QED) is 0.798. The molecule has 0 aliphatic heterocycles. The van der Waals surface area contributed by atoms with Crippen molar-refractivity contribution in [2.75, 3.05) is 0 Å². The molecule has 1 rings (SSSR count). The third-order valence-corrected chi connectivity index (χ3v) is 2.51. The predicted molar refractivity (Wildman–Crippen MR) is 59.9 cm³/mol. The second kappa shape index (κ2) is 4.82. The van der Waals surface area contributed by atoms with Crippen molar-refractivity contribution >= 4 is 5.91 Å². The first-order valence-corrected chi connectivity index (χ1v) is 5.11. The number of benzene rings is 1. The Morgan fingerprint density at radius 3 is 2.40 bits per heavy atom. The highest BCUT2D eigenvalue weighted by Gasteiger charge is 2.14. The molecule has 0 bridgehead atoms. The zero-order valence-corrected chi connectivity index (χ0v) is 9.32. The third-order valence-electron chi connectivity index (χ3n) is 2.51. The van der Waals surface area contributed by atoms with Crippen molar-refractivity contribution in [2.45, 2.75) is 26.8 Å². The maximum Gasteiger partial charge on any atom is 0.255 e. The molecule has 3 nitrogen and oxygen atoms in total. The molecule has 0 aliphatic carbocycles. The van der Waals surface area contributed by atoms with Gasteiger partial charge in [-0.05, 0) is 25.0 Å². The van der Waals surface area contributed by atoms with Crippen LogP contribution in [-0.2, 0) is 0 Å². The van der Waals surface area contributed by atoms with Gasteiger partial charge in [0.1, 0.15) is 5.75 Å². The second-order valence-electron chi connectivity index (χ2n) is 4.02. The lowest BCUT2D eigenvalue weighted by Gasteiger charge is -2.17. The van der Waals surface area contributed by atoms with Crippen LogP contribution in [0.25, 0.3) is 0 Å². The Morgan fingerprint density at radius 1 is 1.27 bits per heavy atom. The van der Waals surface area contributed by atoms with Gasteiger partial charge in [-0.1, -0.05) is 26.0 Å².